The maximum Gasteiger partial charge on any atom is 0.363 e. The molecule has 0 atom stereocenters. The van der Waals surface area contributed by atoms with Gasteiger partial charge in [0.15, 0.2) is 5.70 Å². The molecule has 1 heterocycles. The van der Waals surface area contributed by atoms with Crippen LogP contribution in [0.5, 0.6) is 0 Å². The predicted molar refractivity (Wildman–Crippen MR) is 108 cm³/mol. The SMILES string of the molecule is CCN(CC)S(=O)(=O)c1ccc(C2=N/C(=C\c3cccc(C)c3)C(=O)O2)cc1. The van der Waals surface area contributed by atoms with Crippen molar-refractivity contribution in [1.82, 2.24) is 4.31 Å². The van der Waals surface area contributed by atoms with Gasteiger partial charge in [0.2, 0.25) is 15.9 Å². The van der Waals surface area contributed by atoms with Crippen LogP contribution in [0.1, 0.15) is 30.5 Å². The number of benzene rings is 2. The molecule has 146 valence electrons. The second-order valence-electron chi connectivity index (χ2n) is 6.36. The number of aryl methyl sites for hydroxylation is 1. The first-order chi connectivity index (χ1) is 13.3. The molecule has 0 N–H and O–H groups in total. The van der Waals surface area contributed by atoms with Crippen molar-refractivity contribution in [2.45, 2.75) is 25.7 Å². The standard InChI is InChI=1S/C21H22N2O4S/c1-4-23(5-2)28(25,26)18-11-9-17(10-12-18)20-22-19(21(24)27-20)14-16-8-6-7-15(3)13-16/h6-14H,4-5H2,1-3H3/b19-14-. The minimum absolute atomic E-state index is 0.163. The number of rotatable bonds is 6. The van der Waals surface area contributed by atoms with E-state index in [9.17, 15) is 13.2 Å². The lowest BCUT2D eigenvalue weighted by Gasteiger charge is -2.18. The Morgan fingerprint density at radius 1 is 1.07 bits per heavy atom. The minimum atomic E-state index is -3.53. The molecule has 28 heavy (non-hydrogen) atoms. The van der Waals surface area contributed by atoms with Gasteiger partial charge in [-0.15, -0.1) is 0 Å². The van der Waals surface area contributed by atoms with Gasteiger partial charge in [-0.05, 0) is 42.8 Å². The Balaban J connectivity index is 1.87. The second kappa shape index (κ2) is 8.08. The molecule has 0 saturated carbocycles. The number of ether oxygens (including phenoxy) is 1. The first kappa shape index (κ1) is 20.0. The molecule has 7 heteroatoms. The number of aliphatic imine (C=N–C) groups is 1. The van der Waals surface area contributed by atoms with E-state index in [-0.39, 0.29) is 16.5 Å². The zero-order valence-corrected chi connectivity index (χ0v) is 16.9. The van der Waals surface area contributed by atoms with E-state index in [0.29, 0.717) is 18.7 Å². The molecule has 3 rings (SSSR count). The molecule has 6 nitrogen and oxygen atoms in total. The van der Waals surface area contributed by atoms with Crippen LogP contribution in [0.15, 0.2) is 64.1 Å². The van der Waals surface area contributed by atoms with Crippen molar-refractivity contribution in [3.05, 3.63) is 70.9 Å². The zero-order valence-electron chi connectivity index (χ0n) is 16.0. The lowest BCUT2D eigenvalue weighted by molar-refractivity contribution is -0.129. The van der Waals surface area contributed by atoms with Crippen LogP contribution in [-0.2, 0) is 19.6 Å². The van der Waals surface area contributed by atoms with Crippen LogP contribution < -0.4 is 0 Å². The number of hydrogen-bond acceptors (Lipinski definition) is 5. The summed E-state index contributed by atoms with van der Waals surface area (Å²) in [5.41, 5.74) is 2.69. The first-order valence-corrected chi connectivity index (χ1v) is 10.5. The van der Waals surface area contributed by atoms with Gasteiger partial charge in [0.25, 0.3) is 0 Å². The Morgan fingerprint density at radius 2 is 1.75 bits per heavy atom. The van der Waals surface area contributed by atoms with Crippen LogP contribution in [0.4, 0.5) is 0 Å². The Hall–Kier alpha value is -2.77. The number of cyclic esters (lactones) is 1. The maximum atomic E-state index is 12.6. The highest BCUT2D eigenvalue weighted by atomic mass is 32.2. The van der Waals surface area contributed by atoms with Crippen molar-refractivity contribution < 1.29 is 17.9 Å². The molecule has 0 saturated heterocycles. The lowest BCUT2D eigenvalue weighted by Crippen LogP contribution is -2.30. The molecular weight excluding hydrogens is 376 g/mol. The van der Waals surface area contributed by atoms with Crippen molar-refractivity contribution in [1.29, 1.82) is 0 Å². The molecule has 0 spiro atoms. The van der Waals surface area contributed by atoms with E-state index in [4.69, 9.17) is 4.74 Å². The molecular formula is C21H22N2O4S. The van der Waals surface area contributed by atoms with Crippen LogP contribution in [0.3, 0.4) is 0 Å². The average molecular weight is 398 g/mol. The summed E-state index contributed by atoms with van der Waals surface area (Å²) in [5, 5.41) is 0. The number of carbonyl (C=O) groups is 1. The topological polar surface area (TPSA) is 76.0 Å². The van der Waals surface area contributed by atoms with Gasteiger partial charge in [0.05, 0.1) is 4.90 Å². The largest absolute Gasteiger partial charge is 0.402 e. The third-order valence-corrected chi connectivity index (χ3v) is 6.47. The molecule has 0 fully saturated rings. The van der Waals surface area contributed by atoms with Gasteiger partial charge < -0.3 is 4.74 Å². The average Bonchev–Trinajstić information content (AvgIpc) is 3.03. The fourth-order valence-corrected chi connectivity index (χ4v) is 4.39. The van der Waals surface area contributed by atoms with Crippen LogP contribution in [-0.4, -0.2) is 37.7 Å². The summed E-state index contributed by atoms with van der Waals surface area (Å²) in [5.74, 6) is -0.368. The quantitative estimate of drug-likeness (QED) is 0.552. The summed E-state index contributed by atoms with van der Waals surface area (Å²) in [6.07, 6.45) is 1.67. The van der Waals surface area contributed by atoms with Crippen LogP contribution >= 0.6 is 0 Å². The monoisotopic (exact) mass is 398 g/mol. The van der Waals surface area contributed by atoms with E-state index < -0.39 is 16.0 Å². The molecule has 2 aromatic rings. The van der Waals surface area contributed by atoms with Gasteiger partial charge in [0.1, 0.15) is 0 Å². The van der Waals surface area contributed by atoms with Crippen molar-refractivity contribution in [3.8, 4) is 0 Å². The Kier molecular flexibility index (Phi) is 5.76. The van der Waals surface area contributed by atoms with E-state index in [1.54, 1.807) is 32.1 Å². The molecule has 0 aliphatic carbocycles. The number of sulfonamides is 1. The van der Waals surface area contributed by atoms with Crippen LogP contribution in [0.2, 0.25) is 0 Å². The van der Waals surface area contributed by atoms with Crippen molar-refractivity contribution >= 4 is 28.0 Å². The van der Waals surface area contributed by atoms with Gasteiger partial charge in [-0.2, -0.15) is 4.31 Å². The van der Waals surface area contributed by atoms with E-state index in [2.05, 4.69) is 4.99 Å². The molecule has 0 radical (unpaired) electrons. The number of nitrogens with zero attached hydrogens (tertiary/aromatic N) is 2. The number of hydrogen-bond donors (Lipinski definition) is 0. The Morgan fingerprint density at radius 3 is 2.36 bits per heavy atom. The Labute approximate surface area is 165 Å². The molecule has 1 aliphatic rings. The third-order valence-electron chi connectivity index (χ3n) is 4.41. The normalized spacial score (nSPS) is 15.8. The zero-order chi connectivity index (χ0) is 20.3. The molecule has 1 aliphatic heterocycles. The molecule has 0 amide bonds. The van der Waals surface area contributed by atoms with Gasteiger partial charge in [0, 0.05) is 18.7 Å². The minimum Gasteiger partial charge on any atom is -0.402 e. The van der Waals surface area contributed by atoms with E-state index in [1.165, 1.54) is 16.4 Å². The van der Waals surface area contributed by atoms with Crippen molar-refractivity contribution in [2.75, 3.05) is 13.1 Å². The summed E-state index contributed by atoms with van der Waals surface area (Å²) < 4.78 is 31.8. The van der Waals surface area contributed by atoms with Gasteiger partial charge >= 0.3 is 5.97 Å². The highest BCUT2D eigenvalue weighted by Gasteiger charge is 2.26. The lowest BCUT2D eigenvalue weighted by atomic mass is 10.1. The second-order valence-corrected chi connectivity index (χ2v) is 8.30. The summed E-state index contributed by atoms with van der Waals surface area (Å²) >= 11 is 0. The van der Waals surface area contributed by atoms with E-state index in [0.717, 1.165) is 11.1 Å². The van der Waals surface area contributed by atoms with Gasteiger partial charge in [-0.25, -0.2) is 18.2 Å². The van der Waals surface area contributed by atoms with E-state index >= 15 is 0 Å². The number of esters is 1. The maximum absolute atomic E-state index is 12.6. The predicted octanol–water partition coefficient (Wildman–Crippen LogP) is 3.37. The summed E-state index contributed by atoms with van der Waals surface area (Å²) in [4.78, 5) is 16.6. The fourth-order valence-electron chi connectivity index (χ4n) is 2.93. The van der Waals surface area contributed by atoms with Crippen LogP contribution in [0, 0.1) is 6.92 Å². The molecule has 0 unspecified atom stereocenters. The molecule has 2 aromatic carbocycles. The smallest absolute Gasteiger partial charge is 0.363 e. The van der Waals surface area contributed by atoms with Gasteiger partial charge in [-0.3, -0.25) is 0 Å². The van der Waals surface area contributed by atoms with Gasteiger partial charge in [-0.1, -0.05) is 43.7 Å². The highest BCUT2D eigenvalue weighted by Crippen LogP contribution is 2.22. The fraction of sp³-hybridized carbons (Fsp3) is 0.238. The number of carbonyl (C=O) groups excluding carboxylic acids is 1. The van der Waals surface area contributed by atoms with Crippen molar-refractivity contribution in [3.63, 3.8) is 0 Å². The molecule has 0 aromatic heterocycles. The first-order valence-electron chi connectivity index (χ1n) is 9.05. The van der Waals surface area contributed by atoms with E-state index in [1.807, 2.05) is 31.2 Å². The summed E-state index contributed by atoms with van der Waals surface area (Å²) in [6.45, 7) is 6.36. The van der Waals surface area contributed by atoms with Crippen molar-refractivity contribution in [2.24, 2.45) is 4.99 Å². The Bertz CT molecular complexity index is 1050. The molecule has 0 bridgehead atoms. The highest BCUT2D eigenvalue weighted by molar-refractivity contribution is 7.89. The summed E-state index contributed by atoms with van der Waals surface area (Å²) in [6, 6.07) is 13.9. The third kappa shape index (κ3) is 4.05. The van der Waals surface area contributed by atoms with Crippen LogP contribution in [0.25, 0.3) is 6.08 Å². The summed E-state index contributed by atoms with van der Waals surface area (Å²) in [7, 11) is -3.53.